The minimum atomic E-state index is -0.927. The van der Waals surface area contributed by atoms with Crippen LogP contribution in [0, 0.1) is 3.57 Å². The first-order valence-electron chi connectivity index (χ1n) is 6.92. The molecule has 0 aliphatic rings. The Morgan fingerprint density at radius 1 is 1.09 bits per heavy atom. The van der Waals surface area contributed by atoms with Crippen LogP contribution in [0.2, 0.25) is 0 Å². The molecule has 2 aromatic rings. The Hall–Kier alpha value is -2.09. The summed E-state index contributed by atoms with van der Waals surface area (Å²) in [5.74, 6) is -0.413. The zero-order chi connectivity index (χ0) is 16.8. The number of hydrogen-bond donors (Lipinski definition) is 1. The van der Waals surface area contributed by atoms with Crippen LogP contribution in [0.15, 0.2) is 48.5 Å². The molecule has 0 bridgehead atoms. The molecule has 2 rings (SSSR count). The molecular formula is C17H16INO4. The standard InChI is InChI=1S/C17H16INO4/c1-11(23-17(21)12-7-3-4-8-13(12)18)16(20)19-14-9-5-6-10-15(14)22-2/h3-11H,1-2H3,(H,19,20)/t11-/m0/s1. The van der Waals surface area contributed by atoms with E-state index in [1.807, 2.05) is 28.7 Å². The number of nitrogens with one attached hydrogen (secondary N) is 1. The lowest BCUT2D eigenvalue weighted by molar-refractivity contribution is -0.123. The molecule has 23 heavy (non-hydrogen) atoms. The Bertz CT molecular complexity index is 717. The molecule has 6 heteroatoms. The van der Waals surface area contributed by atoms with Crippen molar-refractivity contribution in [2.75, 3.05) is 12.4 Å². The van der Waals surface area contributed by atoms with Gasteiger partial charge in [0.05, 0.1) is 18.4 Å². The van der Waals surface area contributed by atoms with Gasteiger partial charge in [0.1, 0.15) is 5.75 Å². The average molecular weight is 425 g/mol. The van der Waals surface area contributed by atoms with Crippen molar-refractivity contribution in [2.45, 2.75) is 13.0 Å². The third-order valence-corrected chi connectivity index (χ3v) is 4.05. The molecule has 0 aliphatic carbocycles. The summed E-state index contributed by atoms with van der Waals surface area (Å²) in [6.07, 6.45) is -0.927. The molecule has 0 saturated carbocycles. The zero-order valence-corrected chi connectivity index (χ0v) is 14.9. The van der Waals surface area contributed by atoms with E-state index in [2.05, 4.69) is 5.32 Å². The van der Waals surface area contributed by atoms with Crippen molar-refractivity contribution in [3.8, 4) is 5.75 Å². The number of hydrogen-bond acceptors (Lipinski definition) is 4. The number of halogens is 1. The number of amides is 1. The average Bonchev–Trinajstić information content (AvgIpc) is 2.55. The lowest BCUT2D eigenvalue weighted by Crippen LogP contribution is -2.30. The summed E-state index contributed by atoms with van der Waals surface area (Å²) in [6.45, 7) is 1.53. The van der Waals surface area contributed by atoms with Gasteiger partial charge in [-0.25, -0.2) is 4.79 Å². The lowest BCUT2D eigenvalue weighted by Gasteiger charge is -2.15. The Kier molecular flexibility index (Phi) is 5.97. The first-order valence-corrected chi connectivity index (χ1v) is 8.00. The summed E-state index contributed by atoms with van der Waals surface area (Å²) in [5, 5.41) is 2.69. The van der Waals surface area contributed by atoms with Crippen LogP contribution >= 0.6 is 22.6 Å². The smallest absolute Gasteiger partial charge is 0.339 e. The van der Waals surface area contributed by atoms with Crippen LogP contribution in [-0.4, -0.2) is 25.1 Å². The quantitative estimate of drug-likeness (QED) is 0.589. The van der Waals surface area contributed by atoms with E-state index in [1.165, 1.54) is 14.0 Å². The van der Waals surface area contributed by atoms with Crippen LogP contribution in [0.25, 0.3) is 0 Å². The fourth-order valence-corrected chi connectivity index (χ4v) is 2.49. The maximum absolute atomic E-state index is 12.2. The maximum Gasteiger partial charge on any atom is 0.339 e. The normalized spacial score (nSPS) is 11.4. The Morgan fingerprint density at radius 2 is 1.74 bits per heavy atom. The minimum Gasteiger partial charge on any atom is -0.495 e. The topological polar surface area (TPSA) is 64.6 Å². The van der Waals surface area contributed by atoms with E-state index >= 15 is 0 Å². The van der Waals surface area contributed by atoms with Gasteiger partial charge < -0.3 is 14.8 Å². The first-order chi connectivity index (χ1) is 11.0. The summed E-state index contributed by atoms with van der Waals surface area (Å²) in [5.41, 5.74) is 0.960. The van der Waals surface area contributed by atoms with E-state index in [4.69, 9.17) is 9.47 Å². The van der Waals surface area contributed by atoms with Crippen LogP contribution in [0.3, 0.4) is 0 Å². The van der Waals surface area contributed by atoms with Crippen molar-refractivity contribution >= 4 is 40.2 Å². The number of carbonyl (C=O) groups is 2. The maximum atomic E-state index is 12.2. The van der Waals surface area contributed by atoms with Crippen molar-refractivity contribution in [1.82, 2.24) is 0 Å². The number of anilines is 1. The van der Waals surface area contributed by atoms with Crippen LogP contribution < -0.4 is 10.1 Å². The molecule has 5 nitrogen and oxygen atoms in total. The molecule has 2 aromatic carbocycles. The molecule has 0 radical (unpaired) electrons. The Labute approximate surface area is 148 Å². The Morgan fingerprint density at radius 3 is 2.43 bits per heavy atom. The van der Waals surface area contributed by atoms with Crippen molar-refractivity contribution in [2.24, 2.45) is 0 Å². The van der Waals surface area contributed by atoms with Crippen LogP contribution in [0.4, 0.5) is 5.69 Å². The summed E-state index contributed by atoms with van der Waals surface area (Å²) < 4.78 is 11.2. The third-order valence-electron chi connectivity index (χ3n) is 3.11. The van der Waals surface area contributed by atoms with Gasteiger partial charge in [0, 0.05) is 3.57 Å². The first kappa shape index (κ1) is 17.3. The molecule has 0 spiro atoms. The number of methoxy groups -OCH3 is 1. The third kappa shape index (κ3) is 4.44. The molecule has 0 fully saturated rings. The van der Waals surface area contributed by atoms with E-state index in [9.17, 15) is 9.59 Å². The summed E-state index contributed by atoms with van der Waals surface area (Å²) in [6, 6.07) is 14.1. The highest BCUT2D eigenvalue weighted by atomic mass is 127. The SMILES string of the molecule is COc1ccccc1NC(=O)[C@H](C)OC(=O)c1ccccc1I. The van der Waals surface area contributed by atoms with Gasteiger partial charge in [0.2, 0.25) is 0 Å². The van der Waals surface area contributed by atoms with Gasteiger partial charge in [-0.2, -0.15) is 0 Å². The van der Waals surface area contributed by atoms with Crippen molar-refractivity contribution < 1.29 is 19.1 Å². The fraction of sp³-hybridized carbons (Fsp3) is 0.176. The van der Waals surface area contributed by atoms with Crippen LogP contribution in [0.5, 0.6) is 5.75 Å². The van der Waals surface area contributed by atoms with Gasteiger partial charge in [-0.15, -0.1) is 0 Å². The lowest BCUT2D eigenvalue weighted by atomic mass is 10.2. The van der Waals surface area contributed by atoms with Crippen molar-refractivity contribution in [3.63, 3.8) is 0 Å². The Balaban J connectivity index is 2.03. The van der Waals surface area contributed by atoms with Gasteiger partial charge in [0.15, 0.2) is 6.10 Å². The number of ether oxygens (including phenoxy) is 2. The number of esters is 1. The van der Waals surface area contributed by atoms with E-state index in [0.29, 0.717) is 17.0 Å². The molecule has 0 aromatic heterocycles. The molecule has 0 saturated heterocycles. The molecule has 0 unspecified atom stereocenters. The predicted octanol–water partition coefficient (Wildman–Crippen LogP) is 3.48. The molecule has 0 heterocycles. The number of rotatable bonds is 5. The second-order valence-corrected chi connectivity index (χ2v) is 5.88. The highest BCUT2D eigenvalue weighted by Gasteiger charge is 2.21. The predicted molar refractivity (Wildman–Crippen MR) is 95.7 cm³/mol. The van der Waals surface area contributed by atoms with E-state index in [-0.39, 0.29) is 0 Å². The second kappa shape index (κ2) is 7.96. The largest absolute Gasteiger partial charge is 0.495 e. The van der Waals surface area contributed by atoms with E-state index in [1.54, 1.807) is 42.5 Å². The molecule has 1 amide bonds. The molecular weight excluding hydrogens is 409 g/mol. The number of para-hydroxylation sites is 2. The van der Waals surface area contributed by atoms with Crippen LogP contribution in [0.1, 0.15) is 17.3 Å². The van der Waals surface area contributed by atoms with Gasteiger partial charge in [0.25, 0.3) is 5.91 Å². The number of benzene rings is 2. The molecule has 120 valence electrons. The summed E-state index contributed by atoms with van der Waals surface area (Å²) in [4.78, 5) is 24.3. The molecule has 1 N–H and O–H groups in total. The highest BCUT2D eigenvalue weighted by Crippen LogP contribution is 2.23. The van der Waals surface area contributed by atoms with Crippen LogP contribution in [-0.2, 0) is 9.53 Å². The second-order valence-electron chi connectivity index (χ2n) is 4.72. The highest BCUT2D eigenvalue weighted by molar-refractivity contribution is 14.1. The molecule has 0 aliphatic heterocycles. The zero-order valence-electron chi connectivity index (χ0n) is 12.7. The van der Waals surface area contributed by atoms with Gasteiger partial charge in [-0.3, -0.25) is 4.79 Å². The van der Waals surface area contributed by atoms with Gasteiger partial charge in [-0.05, 0) is 53.8 Å². The fourth-order valence-electron chi connectivity index (χ4n) is 1.89. The number of carbonyl (C=O) groups excluding carboxylic acids is 2. The molecule has 1 atom stereocenters. The monoisotopic (exact) mass is 425 g/mol. The van der Waals surface area contributed by atoms with E-state index in [0.717, 1.165) is 3.57 Å². The summed E-state index contributed by atoms with van der Waals surface area (Å²) >= 11 is 2.05. The van der Waals surface area contributed by atoms with E-state index < -0.39 is 18.0 Å². The summed E-state index contributed by atoms with van der Waals surface area (Å²) in [7, 11) is 1.52. The van der Waals surface area contributed by atoms with Crippen molar-refractivity contribution in [1.29, 1.82) is 0 Å². The van der Waals surface area contributed by atoms with Crippen molar-refractivity contribution in [3.05, 3.63) is 57.7 Å². The van der Waals surface area contributed by atoms with Gasteiger partial charge >= 0.3 is 5.97 Å². The minimum absolute atomic E-state index is 0.422. The van der Waals surface area contributed by atoms with Gasteiger partial charge in [-0.1, -0.05) is 24.3 Å².